The highest BCUT2D eigenvalue weighted by Crippen LogP contribution is 2.19. The Labute approximate surface area is 85.6 Å². The van der Waals surface area contributed by atoms with E-state index in [-0.39, 0.29) is 17.3 Å². The van der Waals surface area contributed by atoms with E-state index in [2.05, 4.69) is 16.4 Å². The fourth-order valence-electron chi connectivity index (χ4n) is 0.924. The van der Waals surface area contributed by atoms with Gasteiger partial charge in [0, 0.05) is 5.41 Å². The molecule has 0 saturated heterocycles. The Balaban J connectivity index is 3.96. The Morgan fingerprint density at radius 1 is 1.71 bits per heavy atom. The molecule has 0 bridgehead atoms. The van der Waals surface area contributed by atoms with Crippen LogP contribution < -0.4 is 11.1 Å². The van der Waals surface area contributed by atoms with Crippen molar-refractivity contribution in [3.05, 3.63) is 0 Å². The van der Waals surface area contributed by atoms with Crippen molar-refractivity contribution >= 4 is 5.84 Å². The standard InChI is InChI=1S/C10H19N3O/c1-5-8(2)12-7-6-10(3,4)9(11)13-14/h1,8,12,14H,6-7H2,2-4H3,(H2,11,13). The molecule has 0 heterocycles. The van der Waals surface area contributed by atoms with Crippen molar-refractivity contribution in [1.29, 1.82) is 0 Å². The minimum absolute atomic E-state index is 0.0538. The Kier molecular flexibility index (Phi) is 5.03. The Bertz CT molecular complexity index is 240. The van der Waals surface area contributed by atoms with Gasteiger partial charge in [0.05, 0.1) is 6.04 Å². The molecule has 0 aliphatic rings. The van der Waals surface area contributed by atoms with Crippen LogP contribution in [-0.2, 0) is 0 Å². The molecule has 0 amide bonds. The maximum absolute atomic E-state index is 8.54. The number of nitrogens with zero attached hydrogens (tertiary/aromatic N) is 1. The van der Waals surface area contributed by atoms with E-state index in [9.17, 15) is 0 Å². The summed E-state index contributed by atoms with van der Waals surface area (Å²) in [6.45, 7) is 6.50. The Morgan fingerprint density at radius 3 is 2.71 bits per heavy atom. The van der Waals surface area contributed by atoms with Crippen molar-refractivity contribution in [2.45, 2.75) is 33.2 Å². The predicted molar refractivity (Wildman–Crippen MR) is 58.1 cm³/mol. The zero-order chi connectivity index (χ0) is 11.2. The predicted octanol–water partition coefficient (Wildman–Crippen LogP) is 0.760. The first kappa shape index (κ1) is 12.8. The lowest BCUT2D eigenvalue weighted by Crippen LogP contribution is -2.36. The number of rotatable bonds is 5. The molecular weight excluding hydrogens is 178 g/mol. The van der Waals surface area contributed by atoms with E-state index in [1.54, 1.807) is 0 Å². The molecule has 1 unspecified atom stereocenters. The van der Waals surface area contributed by atoms with Crippen molar-refractivity contribution in [3.8, 4) is 12.3 Å². The summed E-state index contributed by atoms with van der Waals surface area (Å²) in [5.41, 5.74) is 5.22. The van der Waals surface area contributed by atoms with E-state index < -0.39 is 0 Å². The molecule has 14 heavy (non-hydrogen) atoms. The van der Waals surface area contributed by atoms with Gasteiger partial charge in [0.1, 0.15) is 5.84 Å². The topological polar surface area (TPSA) is 70.6 Å². The maximum atomic E-state index is 8.54. The van der Waals surface area contributed by atoms with Crippen molar-refractivity contribution in [1.82, 2.24) is 5.32 Å². The molecule has 0 aliphatic heterocycles. The van der Waals surface area contributed by atoms with Gasteiger partial charge in [-0.15, -0.1) is 6.42 Å². The van der Waals surface area contributed by atoms with Gasteiger partial charge in [-0.1, -0.05) is 24.9 Å². The molecule has 1 atom stereocenters. The fraction of sp³-hybridized carbons (Fsp3) is 0.700. The van der Waals surface area contributed by atoms with Crippen molar-refractivity contribution in [2.24, 2.45) is 16.3 Å². The molecule has 0 aromatic carbocycles. The van der Waals surface area contributed by atoms with Gasteiger partial charge in [0.15, 0.2) is 0 Å². The highest BCUT2D eigenvalue weighted by molar-refractivity contribution is 5.85. The molecule has 4 nitrogen and oxygen atoms in total. The first-order chi connectivity index (χ1) is 6.44. The molecule has 0 spiro atoms. The third kappa shape index (κ3) is 4.15. The lowest BCUT2D eigenvalue weighted by molar-refractivity contribution is 0.305. The van der Waals surface area contributed by atoms with Crippen LogP contribution in [0.3, 0.4) is 0 Å². The molecule has 0 radical (unpaired) electrons. The van der Waals surface area contributed by atoms with E-state index in [0.29, 0.717) is 0 Å². The molecular formula is C10H19N3O. The molecule has 0 fully saturated rings. The van der Waals surface area contributed by atoms with Gasteiger partial charge < -0.3 is 16.3 Å². The fourth-order valence-corrected chi connectivity index (χ4v) is 0.924. The highest BCUT2D eigenvalue weighted by atomic mass is 16.4. The van der Waals surface area contributed by atoms with Crippen molar-refractivity contribution < 1.29 is 5.21 Å². The highest BCUT2D eigenvalue weighted by Gasteiger charge is 2.22. The number of hydrogen-bond acceptors (Lipinski definition) is 3. The SMILES string of the molecule is C#CC(C)NCCC(C)(C)C(N)=NO. The molecule has 0 aliphatic carbocycles. The molecule has 80 valence electrons. The second-order valence-electron chi connectivity index (χ2n) is 3.96. The summed E-state index contributed by atoms with van der Waals surface area (Å²) in [4.78, 5) is 0. The summed E-state index contributed by atoms with van der Waals surface area (Å²) in [6.07, 6.45) is 5.98. The van der Waals surface area contributed by atoms with Gasteiger partial charge in [-0.25, -0.2) is 0 Å². The third-order valence-corrected chi connectivity index (χ3v) is 2.25. The second kappa shape index (κ2) is 5.51. The lowest BCUT2D eigenvalue weighted by Gasteiger charge is -2.23. The molecule has 0 aromatic rings. The van der Waals surface area contributed by atoms with Crippen LogP contribution in [0.1, 0.15) is 27.2 Å². The van der Waals surface area contributed by atoms with E-state index in [1.165, 1.54) is 0 Å². The smallest absolute Gasteiger partial charge is 0.144 e. The molecule has 4 heteroatoms. The number of hydrogen-bond donors (Lipinski definition) is 3. The van der Waals surface area contributed by atoms with Crippen LogP contribution in [0.15, 0.2) is 5.16 Å². The summed E-state index contributed by atoms with van der Waals surface area (Å²) < 4.78 is 0. The summed E-state index contributed by atoms with van der Waals surface area (Å²) in [5, 5.41) is 14.7. The second-order valence-corrected chi connectivity index (χ2v) is 3.96. The first-order valence-corrected chi connectivity index (χ1v) is 4.61. The van der Waals surface area contributed by atoms with E-state index in [4.69, 9.17) is 17.4 Å². The summed E-state index contributed by atoms with van der Waals surface area (Å²) >= 11 is 0. The Hall–Kier alpha value is -1.21. The van der Waals surface area contributed by atoms with Crippen LogP contribution in [0.25, 0.3) is 0 Å². The number of amidine groups is 1. The van der Waals surface area contributed by atoms with Crippen LogP contribution >= 0.6 is 0 Å². The number of terminal acetylenes is 1. The zero-order valence-electron chi connectivity index (χ0n) is 9.04. The van der Waals surface area contributed by atoms with Gasteiger partial charge in [0.25, 0.3) is 0 Å². The number of nitrogens with two attached hydrogens (primary N) is 1. The average molecular weight is 197 g/mol. The number of oxime groups is 1. The summed E-state index contributed by atoms with van der Waals surface area (Å²) in [7, 11) is 0. The van der Waals surface area contributed by atoms with Crippen LogP contribution in [0.5, 0.6) is 0 Å². The van der Waals surface area contributed by atoms with Gasteiger partial charge >= 0.3 is 0 Å². The van der Waals surface area contributed by atoms with Crippen LogP contribution in [-0.4, -0.2) is 23.6 Å². The van der Waals surface area contributed by atoms with Crippen LogP contribution in [0.2, 0.25) is 0 Å². The van der Waals surface area contributed by atoms with Crippen LogP contribution in [0, 0.1) is 17.8 Å². The summed E-state index contributed by atoms with van der Waals surface area (Å²) in [5.74, 6) is 2.82. The zero-order valence-corrected chi connectivity index (χ0v) is 9.04. The van der Waals surface area contributed by atoms with Gasteiger partial charge in [-0.3, -0.25) is 0 Å². The quantitative estimate of drug-likeness (QED) is 0.200. The van der Waals surface area contributed by atoms with E-state index in [0.717, 1.165) is 13.0 Å². The lowest BCUT2D eigenvalue weighted by atomic mass is 9.88. The largest absolute Gasteiger partial charge is 0.409 e. The van der Waals surface area contributed by atoms with E-state index >= 15 is 0 Å². The Morgan fingerprint density at radius 2 is 2.29 bits per heavy atom. The average Bonchev–Trinajstić information content (AvgIpc) is 2.15. The van der Waals surface area contributed by atoms with Crippen molar-refractivity contribution in [2.75, 3.05) is 6.54 Å². The molecule has 4 N–H and O–H groups in total. The monoisotopic (exact) mass is 197 g/mol. The minimum atomic E-state index is -0.309. The number of nitrogens with one attached hydrogen (secondary N) is 1. The van der Waals surface area contributed by atoms with E-state index in [1.807, 2.05) is 20.8 Å². The van der Waals surface area contributed by atoms with Gasteiger partial charge in [-0.2, -0.15) is 0 Å². The summed E-state index contributed by atoms with van der Waals surface area (Å²) in [6, 6.07) is 0.0538. The van der Waals surface area contributed by atoms with Gasteiger partial charge in [0.2, 0.25) is 0 Å². The molecule has 0 aromatic heterocycles. The minimum Gasteiger partial charge on any atom is -0.409 e. The third-order valence-electron chi connectivity index (χ3n) is 2.25. The molecule has 0 saturated carbocycles. The maximum Gasteiger partial charge on any atom is 0.144 e. The normalized spacial score (nSPS) is 14.9. The van der Waals surface area contributed by atoms with Crippen LogP contribution in [0.4, 0.5) is 0 Å². The molecule has 0 rings (SSSR count). The van der Waals surface area contributed by atoms with Crippen molar-refractivity contribution in [3.63, 3.8) is 0 Å². The van der Waals surface area contributed by atoms with Gasteiger partial charge in [-0.05, 0) is 19.9 Å². The first-order valence-electron chi connectivity index (χ1n) is 4.61.